The monoisotopic (exact) mass is 152 g/mol. The van der Waals surface area contributed by atoms with Crippen LogP contribution in [0.5, 0.6) is 0 Å². The molecule has 0 fully saturated rings. The molecule has 0 bridgehead atoms. The van der Waals surface area contributed by atoms with Crippen LogP contribution in [0.3, 0.4) is 0 Å². The van der Waals surface area contributed by atoms with Crippen molar-refractivity contribution in [3.05, 3.63) is 0 Å². The highest BCUT2D eigenvalue weighted by molar-refractivity contribution is 5.85. The second-order valence-electron chi connectivity index (χ2n) is 1.45. The van der Waals surface area contributed by atoms with Crippen molar-refractivity contribution < 1.29 is 14.7 Å². The van der Waals surface area contributed by atoms with E-state index >= 15 is 0 Å². The minimum atomic E-state index is -0.841. The van der Waals surface area contributed by atoms with Gasteiger partial charge < -0.3 is 9.90 Å². The smallest absolute Gasteiger partial charge is 0.303 e. The number of aldehydes is 1. The third-order valence-corrected chi connectivity index (χ3v) is 0.713. The van der Waals surface area contributed by atoms with Gasteiger partial charge >= 0.3 is 5.97 Å². The van der Waals surface area contributed by atoms with E-state index in [1.165, 1.54) is 0 Å². The lowest BCUT2D eigenvalue weighted by Gasteiger charge is -1.85. The molecule has 0 aliphatic heterocycles. The first-order valence-electron chi connectivity index (χ1n) is 2.43. The Balaban J connectivity index is 0. The second kappa shape index (κ2) is 7.43. The Morgan fingerprint density at radius 1 is 1.56 bits per heavy atom. The SMILES string of the molecule is Cl.O=CCCCC(=O)O. The fourth-order valence-electron chi connectivity index (χ4n) is 0.337. The van der Waals surface area contributed by atoms with Crippen molar-refractivity contribution in [2.75, 3.05) is 0 Å². The number of unbranched alkanes of at least 4 members (excludes halogenated alkanes) is 1. The molecular formula is C5H9ClO3. The molecule has 54 valence electrons. The van der Waals surface area contributed by atoms with Gasteiger partial charge in [0.25, 0.3) is 0 Å². The molecule has 0 spiro atoms. The minimum absolute atomic E-state index is 0. The summed E-state index contributed by atoms with van der Waals surface area (Å²) in [5.41, 5.74) is 0. The zero-order chi connectivity index (χ0) is 6.41. The van der Waals surface area contributed by atoms with Crippen molar-refractivity contribution >= 4 is 24.7 Å². The average molecular weight is 153 g/mol. The van der Waals surface area contributed by atoms with Crippen molar-refractivity contribution in [2.45, 2.75) is 19.3 Å². The van der Waals surface area contributed by atoms with Crippen LogP contribution in [0.4, 0.5) is 0 Å². The molecule has 0 saturated carbocycles. The molecule has 4 heteroatoms. The van der Waals surface area contributed by atoms with Crippen LogP contribution in [-0.4, -0.2) is 17.4 Å². The van der Waals surface area contributed by atoms with E-state index in [2.05, 4.69) is 0 Å². The molecule has 9 heavy (non-hydrogen) atoms. The standard InChI is InChI=1S/C5H8O3.ClH/c6-4-2-1-3-5(7)8;/h4H,1-3H2,(H,7,8);1H. The van der Waals surface area contributed by atoms with Crippen LogP contribution < -0.4 is 0 Å². The van der Waals surface area contributed by atoms with Crippen molar-refractivity contribution in [1.82, 2.24) is 0 Å². The van der Waals surface area contributed by atoms with Gasteiger partial charge in [-0.05, 0) is 6.42 Å². The number of carboxylic acid groups (broad SMARTS) is 1. The van der Waals surface area contributed by atoms with Gasteiger partial charge in [-0.25, -0.2) is 0 Å². The summed E-state index contributed by atoms with van der Waals surface area (Å²) in [5.74, 6) is -0.841. The number of carbonyl (C=O) groups is 2. The molecule has 0 saturated heterocycles. The van der Waals surface area contributed by atoms with E-state index in [4.69, 9.17) is 5.11 Å². The summed E-state index contributed by atoms with van der Waals surface area (Å²) >= 11 is 0. The largest absolute Gasteiger partial charge is 0.481 e. The highest BCUT2D eigenvalue weighted by atomic mass is 35.5. The Kier molecular flexibility index (Phi) is 9.29. The number of carbonyl (C=O) groups excluding carboxylic acids is 1. The molecule has 0 aromatic rings. The summed E-state index contributed by atoms with van der Waals surface area (Å²) in [6.07, 6.45) is 1.63. The van der Waals surface area contributed by atoms with Crippen LogP contribution in [-0.2, 0) is 9.59 Å². The topological polar surface area (TPSA) is 54.4 Å². The lowest BCUT2D eigenvalue weighted by Crippen LogP contribution is -1.93. The highest BCUT2D eigenvalue weighted by Crippen LogP contribution is 1.90. The summed E-state index contributed by atoms with van der Waals surface area (Å²) in [6.45, 7) is 0. The molecule has 0 aliphatic rings. The number of halogens is 1. The van der Waals surface area contributed by atoms with E-state index in [0.29, 0.717) is 12.8 Å². The predicted molar refractivity (Wildman–Crippen MR) is 34.8 cm³/mol. The van der Waals surface area contributed by atoms with Gasteiger partial charge in [0, 0.05) is 12.8 Å². The summed E-state index contributed by atoms with van der Waals surface area (Å²) in [6, 6.07) is 0. The van der Waals surface area contributed by atoms with Gasteiger partial charge in [-0.15, -0.1) is 12.4 Å². The first-order valence-corrected chi connectivity index (χ1v) is 2.43. The Morgan fingerprint density at radius 2 is 2.11 bits per heavy atom. The normalized spacial score (nSPS) is 7.56. The van der Waals surface area contributed by atoms with Crippen LogP contribution in [0.2, 0.25) is 0 Å². The van der Waals surface area contributed by atoms with Crippen LogP contribution in [0.15, 0.2) is 0 Å². The molecule has 0 aliphatic carbocycles. The molecule has 0 rings (SSSR count). The van der Waals surface area contributed by atoms with Gasteiger partial charge in [-0.2, -0.15) is 0 Å². The molecule has 0 aromatic carbocycles. The van der Waals surface area contributed by atoms with Crippen molar-refractivity contribution in [1.29, 1.82) is 0 Å². The molecular weight excluding hydrogens is 144 g/mol. The van der Waals surface area contributed by atoms with Gasteiger partial charge in [0.2, 0.25) is 0 Å². The number of rotatable bonds is 4. The Morgan fingerprint density at radius 3 is 2.44 bits per heavy atom. The average Bonchev–Trinajstić information content (AvgIpc) is 1.66. The summed E-state index contributed by atoms with van der Waals surface area (Å²) in [4.78, 5) is 19.4. The third-order valence-electron chi connectivity index (χ3n) is 0.713. The van der Waals surface area contributed by atoms with E-state index in [1.54, 1.807) is 0 Å². The molecule has 0 unspecified atom stereocenters. The Hall–Kier alpha value is -0.570. The van der Waals surface area contributed by atoms with Crippen LogP contribution >= 0.6 is 12.4 Å². The van der Waals surface area contributed by atoms with Crippen LogP contribution in [0.25, 0.3) is 0 Å². The van der Waals surface area contributed by atoms with E-state index in [1.807, 2.05) is 0 Å². The maximum Gasteiger partial charge on any atom is 0.303 e. The number of hydrogen-bond acceptors (Lipinski definition) is 2. The third kappa shape index (κ3) is 11.2. The number of aliphatic carboxylic acids is 1. The minimum Gasteiger partial charge on any atom is -0.481 e. The summed E-state index contributed by atoms with van der Waals surface area (Å²) in [7, 11) is 0. The molecule has 0 radical (unpaired) electrons. The van der Waals surface area contributed by atoms with E-state index in [0.717, 1.165) is 6.29 Å². The first-order chi connectivity index (χ1) is 3.77. The van der Waals surface area contributed by atoms with Crippen molar-refractivity contribution in [3.8, 4) is 0 Å². The van der Waals surface area contributed by atoms with Gasteiger partial charge in [-0.3, -0.25) is 4.79 Å². The highest BCUT2D eigenvalue weighted by Gasteiger charge is 1.93. The van der Waals surface area contributed by atoms with Gasteiger partial charge in [-0.1, -0.05) is 0 Å². The van der Waals surface area contributed by atoms with E-state index in [-0.39, 0.29) is 18.8 Å². The van der Waals surface area contributed by atoms with Crippen LogP contribution in [0, 0.1) is 0 Å². The first kappa shape index (κ1) is 11.3. The molecule has 0 heterocycles. The van der Waals surface area contributed by atoms with E-state index in [9.17, 15) is 9.59 Å². The van der Waals surface area contributed by atoms with Crippen molar-refractivity contribution in [2.24, 2.45) is 0 Å². The zero-order valence-corrected chi connectivity index (χ0v) is 5.69. The van der Waals surface area contributed by atoms with Gasteiger partial charge in [0.05, 0.1) is 0 Å². The van der Waals surface area contributed by atoms with Crippen molar-refractivity contribution in [3.63, 3.8) is 0 Å². The zero-order valence-electron chi connectivity index (χ0n) is 4.87. The molecule has 0 atom stereocenters. The van der Waals surface area contributed by atoms with Gasteiger partial charge in [0.1, 0.15) is 6.29 Å². The molecule has 1 N–H and O–H groups in total. The fourth-order valence-corrected chi connectivity index (χ4v) is 0.337. The predicted octanol–water partition coefficient (Wildman–Crippen LogP) is 0.862. The Bertz CT molecular complexity index is 92.2. The second-order valence-corrected chi connectivity index (χ2v) is 1.45. The maximum absolute atomic E-state index is 9.76. The quantitative estimate of drug-likeness (QED) is 0.480. The Labute approximate surface area is 59.5 Å². The molecule has 0 amide bonds. The number of carboxylic acids is 1. The van der Waals surface area contributed by atoms with E-state index < -0.39 is 5.97 Å². The lowest BCUT2D eigenvalue weighted by atomic mass is 10.2. The fraction of sp³-hybridized carbons (Fsp3) is 0.600. The van der Waals surface area contributed by atoms with Crippen LogP contribution in [0.1, 0.15) is 19.3 Å². The maximum atomic E-state index is 9.76. The molecule has 3 nitrogen and oxygen atoms in total. The summed E-state index contributed by atoms with van der Waals surface area (Å²) < 4.78 is 0. The van der Waals surface area contributed by atoms with Gasteiger partial charge in [0.15, 0.2) is 0 Å². The molecule has 0 aromatic heterocycles. The lowest BCUT2D eigenvalue weighted by molar-refractivity contribution is -0.137. The number of hydrogen-bond donors (Lipinski definition) is 1. The summed E-state index contributed by atoms with van der Waals surface area (Å²) in [5, 5.41) is 8.02.